The van der Waals surface area contributed by atoms with Gasteiger partial charge in [0.25, 0.3) is 0 Å². The Kier molecular flexibility index (Phi) is 5.15. The van der Waals surface area contributed by atoms with Crippen LogP contribution in [0, 0.1) is 11.8 Å². The van der Waals surface area contributed by atoms with Gasteiger partial charge in [-0.05, 0) is 81.8 Å². The first-order valence-electron chi connectivity index (χ1n) is 12.5. The lowest BCUT2D eigenvalue weighted by Gasteiger charge is -2.24. The Balaban J connectivity index is 1.27. The molecule has 0 atom stereocenters. The Labute approximate surface area is 216 Å². The van der Waals surface area contributed by atoms with Crippen LogP contribution in [0.3, 0.4) is 0 Å². The molecule has 0 bridgehead atoms. The second-order valence-electron chi connectivity index (χ2n) is 9.44. The van der Waals surface area contributed by atoms with E-state index in [9.17, 15) is 4.32 Å². The maximum absolute atomic E-state index is 13.5. The topological polar surface area (TPSA) is 18.8 Å². The third-order valence-corrected chi connectivity index (χ3v) is 7.36. The van der Waals surface area contributed by atoms with Crippen molar-refractivity contribution in [3.63, 3.8) is 0 Å². The average molecular weight is 476 g/mol. The molecule has 0 unspecified atom stereocenters. The van der Waals surface area contributed by atoms with Crippen molar-refractivity contribution < 1.29 is 8.80 Å². The summed E-state index contributed by atoms with van der Waals surface area (Å²) in [5.74, 6) is 6.84. The highest BCUT2D eigenvalue weighted by molar-refractivity contribution is 6.17. The molecule has 0 saturated carbocycles. The van der Waals surface area contributed by atoms with E-state index in [0.717, 1.165) is 46.5 Å². The minimum atomic E-state index is 0.583. The summed E-state index contributed by atoms with van der Waals surface area (Å²) in [5, 5.41) is 2.64. The highest BCUT2D eigenvalue weighted by Crippen LogP contribution is 2.41. The number of hydrogen-bond donors (Lipinski definition) is 1. The van der Waals surface area contributed by atoms with E-state index < -0.39 is 0 Å². The van der Waals surface area contributed by atoms with Gasteiger partial charge in [-0.15, -0.1) is 0 Å². The van der Waals surface area contributed by atoms with Crippen molar-refractivity contribution in [1.29, 1.82) is 0 Å². The Morgan fingerprint density at radius 2 is 1.84 bits per heavy atom. The fraction of sp³-hybridized carbons (Fsp3) is 0.0606. The van der Waals surface area contributed by atoms with E-state index in [1.807, 2.05) is 42.6 Å². The molecule has 3 aliphatic rings. The number of H-pyrrole nitrogens is 1. The molecule has 37 heavy (non-hydrogen) atoms. The SMILES string of the molecule is F[B][N+]1=CC=C/C1=C(\c1ccc(C#Cc2ccc3ccc4c5c3c2CC=C5CC=C4)cc1)c1ccc[nH]1. The Morgan fingerprint density at radius 3 is 2.68 bits per heavy atom. The Morgan fingerprint density at radius 1 is 0.946 bits per heavy atom. The fourth-order valence-electron chi connectivity index (χ4n) is 5.62. The van der Waals surface area contributed by atoms with Crippen LogP contribution >= 0.6 is 0 Å². The molecule has 0 amide bonds. The van der Waals surface area contributed by atoms with Gasteiger partial charge in [-0.2, -0.15) is 0 Å². The van der Waals surface area contributed by atoms with Crippen molar-refractivity contribution in [3.05, 3.63) is 136 Å². The lowest BCUT2D eigenvalue weighted by atomic mass is 9.80. The van der Waals surface area contributed by atoms with Gasteiger partial charge in [0, 0.05) is 29.5 Å². The van der Waals surface area contributed by atoms with E-state index in [4.69, 9.17) is 0 Å². The van der Waals surface area contributed by atoms with Crippen LogP contribution < -0.4 is 0 Å². The van der Waals surface area contributed by atoms with E-state index in [1.54, 1.807) is 6.21 Å². The zero-order chi connectivity index (χ0) is 24.8. The summed E-state index contributed by atoms with van der Waals surface area (Å²) in [7, 11) is 0.583. The maximum atomic E-state index is 13.5. The molecule has 2 heterocycles. The molecule has 2 aliphatic carbocycles. The van der Waals surface area contributed by atoms with Crippen molar-refractivity contribution in [3.8, 4) is 11.8 Å². The normalized spacial score (nSPS) is 16.2. The van der Waals surface area contributed by atoms with E-state index in [1.165, 1.54) is 37.5 Å². The van der Waals surface area contributed by atoms with Gasteiger partial charge in [-0.25, -0.2) is 4.32 Å². The predicted octanol–water partition coefficient (Wildman–Crippen LogP) is 6.84. The number of aromatic amines is 1. The molecule has 7 rings (SSSR count). The number of nitrogens with zero attached hydrogens (tertiary/aromatic N) is 1. The molecule has 0 fully saturated rings. The number of halogens is 1. The van der Waals surface area contributed by atoms with Crippen LogP contribution in [0.5, 0.6) is 0 Å². The minimum Gasteiger partial charge on any atom is -0.361 e. The number of allylic oxidation sites excluding steroid dienone is 5. The summed E-state index contributed by atoms with van der Waals surface area (Å²) in [5.41, 5.74) is 11.1. The van der Waals surface area contributed by atoms with E-state index in [-0.39, 0.29) is 0 Å². The van der Waals surface area contributed by atoms with Gasteiger partial charge in [0.1, 0.15) is 6.21 Å². The van der Waals surface area contributed by atoms with Gasteiger partial charge >= 0.3 is 7.69 Å². The first-order chi connectivity index (χ1) is 18.3. The maximum Gasteiger partial charge on any atom is 0.792 e. The van der Waals surface area contributed by atoms with Gasteiger partial charge < -0.3 is 4.98 Å². The molecule has 1 radical (unpaired) electrons. The number of benzene rings is 3. The molecule has 173 valence electrons. The summed E-state index contributed by atoms with van der Waals surface area (Å²) < 4.78 is 15.0. The van der Waals surface area contributed by atoms with E-state index in [2.05, 4.69) is 71.5 Å². The molecule has 1 aromatic heterocycles. The lowest BCUT2D eigenvalue weighted by molar-refractivity contribution is -0.312. The lowest BCUT2D eigenvalue weighted by Crippen LogP contribution is -2.11. The van der Waals surface area contributed by atoms with E-state index >= 15 is 0 Å². The van der Waals surface area contributed by atoms with Gasteiger partial charge in [-0.3, -0.25) is 4.49 Å². The number of aromatic nitrogens is 1. The van der Waals surface area contributed by atoms with Crippen LogP contribution in [-0.4, -0.2) is 23.4 Å². The molecule has 1 N–H and O–H groups in total. The molecule has 1 aliphatic heterocycles. The Bertz CT molecular complexity index is 1790. The second-order valence-corrected chi connectivity index (χ2v) is 9.44. The standard InChI is InChI=1S/C33H22BFN2/c35-34-37-21-3-7-30(37)33(29-6-2-20-36-29)27-12-9-22(10-13-27)8-11-23-14-15-26-17-16-24-4-1-5-25-18-19-28(23)32(26)31(24)25/h1-4,6-7,9-10,12-18,20-21,36H,5,19H2/q+1. The highest BCUT2D eigenvalue weighted by atomic mass is 19.1. The van der Waals surface area contributed by atoms with Crippen molar-refractivity contribution in [1.82, 2.24) is 4.98 Å². The zero-order valence-corrected chi connectivity index (χ0v) is 20.1. The van der Waals surface area contributed by atoms with Gasteiger partial charge in [0.15, 0.2) is 5.70 Å². The van der Waals surface area contributed by atoms with Crippen LogP contribution in [-0.2, 0) is 6.42 Å². The molecule has 4 aromatic rings. The summed E-state index contributed by atoms with van der Waals surface area (Å²) in [4.78, 5) is 3.27. The van der Waals surface area contributed by atoms with Gasteiger partial charge in [0.2, 0.25) is 0 Å². The number of nitrogens with one attached hydrogen (secondary N) is 1. The molecule has 3 aromatic carbocycles. The van der Waals surface area contributed by atoms with Crippen molar-refractivity contribution >= 4 is 41.9 Å². The molecule has 4 heteroatoms. The second kappa shape index (κ2) is 8.80. The molecule has 0 saturated heterocycles. The monoisotopic (exact) mass is 476 g/mol. The zero-order valence-electron chi connectivity index (χ0n) is 20.1. The van der Waals surface area contributed by atoms with Gasteiger partial charge in [0.05, 0.1) is 11.3 Å². The van der Waals surface area contributed by atoms with Crippen LogP contribution in [0.1, 0.15) is 45.5 Å². The van der Waals surface area contributed by atoms with Crippen molar-refractivity contribution in [2.24, 2.45) is 0 Å². The van der Waals surface area contributed by atoms with Gasteiger partial charge in [-0.1, -0.05) is 60.4 Å². The molecule has 0 spiro atoms. The first kappa shape index (κ1) is 21.7. The minimum absolute atomic E-state index is 0.583. The predicted molar refractivity (Wildman–Crippen MR) is 151 cm³/mol. The smallest absolute Gasteiger partial charge is 0.361 e. The molecular weight excluding hydrogens is 454 g/mol. The fourth-order valence-corrected chi connectivity index (χ4v) is 5.62. The summed E-state index contributed by atoms with van der Waals surface area (Å²) in [6, 6.07) is 20.9. The quantitative estimate of drug-likeness (QED) is 0.247. The largest absolute Gasteiger partial charge is 0.792 e. The summed E-state index contributed by atoms with van der Waals surface area (Å²) >= 11 is 0. The van der Waals surface area contributed by atoms with Crippen LogP contribution in [0.4, 0.5) is 4.32 Å². The average Bonchev–Trinajstić information content (AvgIpc) is 3.65. The number of rotatable bonds is 3. The summed E-state index contributed by atoms with van der Waals surface area (Å²) in [6.07, 6.45) is 16.1. The first-order valence-corrected chi connectivity index (χ1v) is 12.5. The van der Waals surface area contributed by atoms with Crippen LogP contribution in [0.15, 0.2) is 96.9 Å². The Hall–Kier alpha value is -4.62. The number of hydrogen-bond acceptors (Lipinski definition) is 0. The third-order valence-electron chi connectivity index (χ3n) is 7.36. The van der Waals surface area contributed by atoms with Crippen molar-refractivity contribution in [2.45, 2.75) is 12.8 Å². The third kappa shape index (κ3) is 3.63. The summed E-state index contributed by atoms with van der Waals surface area (Å²) in [6.45, 7) is 0. The molecule has 2 nitrogen and oxygen atoms in total. The van der Waals surface area contributed by atoms with E-state index in [0.29, 0.717) is 7.69 Å². The van der Waals surface area contributed by atoms with Crippen molar-refractivity contribution in [2.75, 3.05) is 0 Å². The van der Waals surface area contributed by atoms with Crippen LogP contribution in [0.2, 0.25) is 0 Å². The molecular formula is C33H22BFN2+. The van der Waals surface area contributed by atoms with Crippen LogP contribution in [0.25, 0.3) is 28.0 Å². The highest BCUT2D eigenvalue weighted by Gasteiger charge is 2.25.